The van der Waals surface area contributed by atoms with Crippen LogP contribution < -0.4 is 9.79 Å². The zero-order valence-electron chi connectivity index (χ0n) is 22.5. The molecule has 0 aliphatic carbocycles. The average Bonchev–Trinajstić information content (AvgIpc) is 2.67. The Morgan fingerprint density at radius 1 is 0.625 bits per heavy atom. The van der Waals surface area contributed by atoms with Crippen molar-refractivity contribution in [2.75, 3.05) is 0 Å². The molecule has 0 spiro atoms. The van der Waals surface area contributed by atoms with Crippen molar-refractivity contribution >= 4 is 29.7 Å². The Kier molecular flexibility index (Phi) is 65.8. The normalized spacial score (nSPS) is 12.2. The van der Waals surface area contributed by atoms with E-state index in [1.54, 1.807) is 0 Å². The van der Waals surface area contributed by atoms with Gasteiger partial charge in [-0.2, -0.15) is 29.6 Å². The SMILES string of the molecule is [CH2-]C(CC)CCCC.[CH2-]C(CC)CCCC.[CH2-]C(CC)CCCC.[O-]P([O-])(=S)[S-].[Zn+2].[Zn+2].[Zn+2]. The molecule has 0 heterocycles. The molecule has 0 fully saturated rings. The standard InChI is InChI=1S/3C8H17.H3O2PS2.3Zn/c3*1-4-6-7-8(3)5-2;1-3(2,4)5;;;/h3*8H,3-7H2,1-2H3;(H3,1,2,4,5);;;/q3*-1;;3*+2/p-3. The van der Waals surface area contributed by atoms with Gasteiger partial charge in [-0.15, -0.1) is 0 Å². The second-order valence-corrected chi connectivity index (χ2v) is 12.2. The van der Waals surface area contributed by atoms with Crippen molar-refractivity contribution in [3.8, 4) is 0 Å². The number of unbranched alkanes of at least 4 members (excludes halogenated alkanes) is 3. The van der Waals surface area contributed by atoms with Gasteiger partial charge in [0.2, 0.25) is 0 Å². The van der Waals surface area contributed by atoms with E-state index in [2.05, 4.69) is 86.4 Å². The molecule has 0 aromatic heterocycles. The molecule has 0 saturated carbocycles. The smallest absolute Gasteiger partial charge is 0.850 e. The Morgan fingerprint density at radius 2 is 0.781 bits per heavy atom. The summed E-state index contributed by atoms with van der Waals surface area (Å²) in [6.07, 6.45) is 15.6. The summed E-state index contributed by atoms with van der Waals surface area (Å²) in [5, 5.41) is 0. The summed E-state index contributed by atoms with van der Waals surface area (Å²) >= 11 is 7.28. The van der Waals surface area contributed by atoms with Gasteiger partial charge >= 0.3 is 58.4 Å². The molecule has 0 N–H and O–H groups in total. The molecule has 182 valence electrons. The van der Waals surface area contributed by atoms with Crippen molar-refractivity contribution in [2.24, 2.45) is 17.8 Å². The Hall–Kier alpha value is 2.79. The van der Waals surface area contributed by atoms with E-state index in [-0.39, 0.29) is 58.4 Å². The molecule has 0 aromatic carbocycles. The molecule has 0 bridgehead atoms. The van der Waals surface area contributed by atoms with Crippen molar-refractivity contribution in [3.63, 3.8) is 0 Å². The van der Waals surface area contributed by atoms with Gasteiger partial charge in [-0.1, -0.05) is 119 Å². The predicted molar refractivity (Wildman–Crippen MR) is 138 cm³/mol. The molecular formula is C24H51O2PS2Zn3. The number of hydrogen-bond acceptors (Lipinski definition) is 4. The summed E-state index contributed by atoms with van der Waals surface area (Å²) in [6, 6.07) is 0. The van der Waals surface area contributed by atoms with Crippen LogP contribution in [0.4, 0.5) is 0 Å². The van der Waals surface area contributed by atoms with Crippen LogP contribution >= 0.6 is 5.69 Å². The zero-order valence-corrected chi connectivity index (χ0v) is 34.0. The van der Waals surface area contributed by atoms with Crippen LogP contribution in [-0.2, 0) is 82.5 Å². The van der Waals surface area contributed by atoms with Gasteiger partial charge in [-0.25, -0.2) is 0 Å². The van der Waals surface area contributed by atoms with E-state index in [1.807, 2.05) is 0 Å². The topological polar surface area (TPSA) is 46.1 Å². The van der Waals surface area contributed by atoms with Gasteiger partial charge in [0, 0.05) is 0 Å². The van der Waals surface area contributed by atoms with Crippen LogP contribution in [0.25, 0.3) is 0 Å². The van der Waals surface area contributed by atoms with Crippen molar-refractivity contribution in [1.29, 1.82) is 0 Å². The minimum absolute atomic E-state index is 0. The van der Waals surface area contributed by atoms with Crippen LogP contribution in [0.3, 0.4) is 0 Å². The second kappa shape index (κ2) is 40.9. The summed E-state index contributed by atoms with van der Waals surface area (Å²) in [4.78, 5) is 18.6. The molecule has 0 amide bonds. The maximum atomic E-state index is 9.29. The summed E-state index contributed by atoms with van der Waals surface area (Å²) in [5.74, 6) is 2.11. The summed E-state index contributed by atoms with van der Waals surface area (Å²) in [7, 11) is 0. The van der Waals surface area contributed by atoms with Crippen molar-refractivity contribution in [1.82, 2.24) is 0 Å². The Labute approximate surface area is 253 Å². The van der Waals surface area contributed by atoms with Crippen LogP contribution in [0.5, 0.6) is 0 Å². The predicted octanol–water partition coefficient (Wildman–Crippen LogP) is 7.58. The van der Waals surface area contributed by atoms with E-state index in [0.717, 1.165) is 0 Å². The first kappa shape index (κ1) is 51.4. The van der Waals surface area contributed by atoms with Crippen molar-refractivity contribution in [3.05, 3.63) is 20.8 Å². The molecule has 0 aromatic rings. The van der Waals surface area contributed by atoms with Gasteiger partial charge in [0.05, 0.1) is 0 Å². The van der Waals surface area contributed by atoms with Gasteiger partial charge in [0.1, 0.15) is 0 Å². The molecule has 32 heavy (non-hydrogen) atoms. The fourth-order valence-corrected chi connectivity index (χ4v) is 2.09. The summed E-state index contributed by atoms with van der Waals surface area (Å²) in [6.45, 7) is 25.3. The van der Waals surface area contributed by atoms with Gasteiger partial charge in [0.15, 0.2) is 0 Å². The van der Waals surface area contributed by atoms with Gasteiger partial charge in [-0.05, 0) is 0 Å². The number of hydrogen-bond donors (Lipinski definition) is 0. The monoisotopic (exact) mass is 658 g/mol. The Bertz CT molecular complexity index is 295. The van der Waals surface area contributed by atoms with E-state index in [1.165, 1.54) is 77.0 Å². The van der Waals surface area contributed by atoms with E-state index in [4.69, 9.17) is 0 Å². The molecule has 3 unspecified atom stereocenters. The molecular weight excluding hydrogens is 612 g/mol. The zero-order chi connectivity index (χ0) is 23.7. The van der Waals surface area contributed by atoms with Gasteiger partial charge < -0.3 is 48.5 Å². The van der Waals surface area contributed by atoms with E-state index in [0.29, 0.717) is 17.8 Å². The van der Waals surface area contributed by atoms with E-state index >= 15 is 0 Å². The Morgan fingerprint density at radius 3 is 0.875 bits per heavy atom. The quantitative estimate of drug-likeness (QED) is 0.0936. The molecule has 0 radical (unpaired) electrons. The van der Waals surface area contributed by atoms with Crippen molar-refractivity contribution in [2.45, 2.75) is 119 Å². The molecule has 0 aliphatic heterocycles. The fraction of sp³-hybridized carbons (Fsp3) is 0.875. The van der Waals surface area contributed by atoms with Crippen LogP contribution in [0.1, 0.15) is 119 Å². The van der Waals surface area contributed by atoms with Gasteiger partial charge in [-0.3, -0.25) is 0 Å². The fourth-order valence-electron chi connectivity index (χ4n) is 2.09. The minimum atomic E-state index is -3.72. The maximum absolute atomic E-state index is 9.29. The van der Waals surface area contributed by atoms with E-state index < -0.39 is 5.69 Å². The summed E-state index contributed by atoms with van der Waals surface area (Å²) < 4.78 is 0. The third-order valence-electron chi connectivity index (χ3n) is 4.63. The molecule has 2 nitrogen and oxygen atoms in total. The molecule has 0 aliphatic rings. The minimum Gasteiger partial charge on any atom is -0.850 e. The molecule has 3 atom stereocenters. The first-order valence-corrected chi connectivity index (χ1v) is 15.3. The van der Waals surface area contributed by atoms with Crippen LogP contribution in [0, 0.1) is 38.5 Å². The van der Waals surface area contributed by atoms with Crippen LogP contribution in [0.2, 0.25) is 0 Å². The third kappa shape index (κ3) is 76.7. The largest absolute Gasteiger partial charge is 2.00 e. The maximum Gasteiger partial charge on any atom is 2.00 e. The Balaban J connectivity index is -0.0000000512. The molecule has 8 heteroatoms. The first-order chi connectivity index (χ1) is 13.4. The average molecular weight is 663 g/mol. The van der Waals surface area contributed by atoms with Crippen molar-refractivity contribution < 1.29 is 68.2 Å². The summed E-state index contributed by atoms with van der Waals surface area (Å²) in [5.41, 5.74) is -3.72. The van der Waals surface area contributed by atoms with Crippen LogP contribution in [-0.4, -0.2) is 0 Å². The second-order valence-electron chi connectivity index (χ2n) is 7.70. The number of rotatable bonds is 12. The van der Waals surface area contributed by atoms with E-state index in [9.17, 15) is 9.79 Å². The molecule has 0 rings (SSSR count). The van der Waals surface area contributed by atoms with Crippen LogP contribution in [0.15, 0.2) is 0 Å². The molecule has 0 saturated heterocycles. The third-order valence-corrected chi connectivity index (χ3v) is 4.63. The van der Waals surface area contributed by atoms with Gasteiger partial charge in [0.25, 0.3) is 0 Å². The first-order valence-electron chi connectivity index (χ1n) is 11.6.